The van der Waals surface area contributed by atoms with Gasteiger partial charge in [-0.3, -0.25) is 4.79 Å². The first-order chi connectivity index (χ1) is 8.17. The number of benzene rings is 1. The van der Waals surface area contributed by atoms with Crippen molar-refractivity contribution < 1.29 is 14.3 Å². The number of anilines is 1. The summed E-state index contributed by atoms with van der Waals surface area (Å²) in [4.78, 5) is 11.1. The molecule has 0 aromatic heterocycles. The number of para-hydroxylation sites is 1. The molecule has 94 valence electrons. The third kappa shape index (κ3) is 4.44. The molecule has 0 bridgehead atoms. The summed E-state index contributed by atoms with van der Waals surface area (Å²) in [6.07, 6.45) is 0.345. The maximum Gasteiger partial charge on any atom is 0.307 e. The summed E-state index contributed by atoms with van der Waals surface area (Å²) in [6, 6.07) is 7.91. The Kier molecular flexibility index (Phi) is 5.49. The second-order valence-corrected chi connectivity index (χ2v) is 3.92. The van der Waals surface area contributed by atoms with E-state index in [-0.39, 0.29) is 12.0 Å². The maximum absolute atomic E-state index is 11.1. The standard InChI is InChI=1S/C13H19NO3/c1-10(8-13(15)17-3)14-12-7-5-4-6-11(12)9-16-2/h4-7,10,14H,8-9H2,1-3H3. The van der Waals surface area contributed by atoms with E-state index >= 15 is 0 Å². The number of carbonyl (C=O) groups is 1. The predicted molar refractivity (Wildman–Crippen MR) is 66.9 cm³/mol. The van der Waals surface area contributed by atoms with Crippen LogP contribution in [0.15, 0.2) is 24.3 Å². The van der Waals surface area contributed by atoms with Crippen molar-refractivity contribution >= 4 is 11.7 Å². The highest BCUT2D eigenvalue weighted by molar-refractivity contribution is 5.70. The van der Waals surface area contributed by atoms with Crippen LogP contribution in [0.25, 0.3) is 0 Å². The Balaban J connectivity index is 2.63. The van der Waals surface area contributed by atoms with Gasteiger partial charge in [-0.25, -0.2) is 0 Å². The zero-order chi connectivity index (χ0) is 12.7. The van der Waals surface area contributed by atoms with Crippen molar-refractivity contribution in [2.75, 3.05) is 19.5 Å². The van der Waals surface area contributed by atoms with Crippen LogP contribution >= 0.6 is 0 Å². The molecule has 1 rings (SSSR count). The van der Waals surface area contributed by atoms with Gasteiger partial charge in [-0.1, -0.05) is 18.2 Å². The van der Waals surface area contributed by atoms with Crippen LogP contribution in [-0.2, 0) is 20.9 Å². The number of methoxy groups -OCH3 is 2. The van der Waals surface area contributed by atoms with Crippen LogP contribution in [0.3, 0.4) is 0 Å². The van der Waals surface area contributed by atoms with Gasteiger partial charge in [0.1, 0.15) is 0 Å². The van der Waals surface area contributed by atoms with Crippen LogP contribution in [0.5, 0.6) is 0 Å². The van der Waals surface area contributed by atoms with E-state index in [0.717, 1.165) is 11.3 Å². The first-order valence-corrected chi connectivity index (χ1v) is 5.57. The molecule has 0 fully saturated rings. The van der Waals surface area contributed by atoms with Gasteiger partial charge < -0.3 is 14.8 Å². The molecule has 0 heterocycles. The molecule has 0 amide bonds. The van der Waals surface area contributed by atoms with E-state index in [1.54, 1.807) is 7.11 Å². The molecule has 0 aliphatic carbocycles. The molecule has 0 saturated carbocycles. The van der Waals surface area contributed by atoms with Crippen LogP contribution in [0.1, 0.15) is 18.9 Å². The van der Waals surface area contributed by atoms with Gasteiger partial charge in [-0.2, -0.15) is 0 Å². The minimum Gasteiger partial charge on any atom is -0.469 e. The lowest BCUT2D eigenvalue weighted by Crippen LogP contribution is -2.21. The van der Waals surface area contributed by atoms with Crippen molar-refractivity contribution in [2.24, 2.45) is 0 Å². The molecular weight excluding hydrogens is 218 g/mol. The van der Waals surface area contributed by atoms with Gasteiger partial charge in [0.15, 0.2) is 0 Å². The van der Waals surface area contributed by atoms with Crippen LogP contribution in [0, 0.1) is 0 Å². The summed E-state index contributed by atoms with van der Waals surface area (Å²) < 4.78 is 9.75. The topological polar surface area (TPSA) is 47.6 Å². The van der Waals surface area contributed by atoms with Crippen LogP contribution in [0.2, 0.25) is 0 Å². The second-order valence-electron chi connectivity index (χ2n) is 3.92. The number of hydrogen-bond acceptors (Lipinski definition) is 4. The Morgan fingerprint density at radius 1 is 1.35 bits per heavy atom. The average Bonchev–Trinajstić information content (AvgIpc) is 2.31. The Morgan fingerprint density at radius 2 is 2.06 bits per heavy atom. The Bertz CT molecular complexity index is 365. The zero-order valence-corrected chi connectivity index (χ0v) is 10.5. The Morgan fingerprint density at radius 3 is 2.71 bits per heavy atom. The van der Waals surface area contributed by atoms with Crippen molar-refractivity contribution in [2.45, 2.75) is 26.0 Å². The molecule has 0 aliphatic rings. The number of rotatable bonds is 6. The van der Waals surface area contributed by atoms with E-state index in [1.165, 1.54) is 7.11 Å². The van der Waals surface area contributed by atoms with Gasteiger partial charge in [0.05, 0.1) is 20.1 Å². The summed E-state index contributed by atoms with van der Waals surface area (Å²) in [6.45, 7) is 2.49. The quantitative estimate of drug-likeness (QED) is 0.770. The number of esters is 1. The molecule has 0 saturated heterocycles. The maximum atomic E-state index is 11.1. The minimum atomic E-state index is -0.214. The molecule has 1 aromatic rings. The molecule has 0 radical (unpaired) electrons. The van der Waals surface area contributed by atoms with Crippen molar-refractivity contribution in [3.63, 3.8) is 0 Å². The van der Waals surface area contributed by atoms with Gasteiger partial charge in [0.25, 0.3) is 0 Å². The molecule has 0 aliphatic heterocycles. The first kappa shape index (κ1) is 13.5. The fraction of sp³-hybridized carbons (Fsp3) is 0.462. The molecule has 1 unspecified atom stereocenters. The monoisotopic (exact) mass is 237 g/mol. The molecule has 4 heteroatoms. The summed E-state index contributed by atoms with van der Waals surface area (Å²) in [7, 11) is 3.06. The number of ether oxygens (including phenoxy) is 2. The van der Waals surface area contributed by atoms with Gasteiger partial charge in [-0.05, 0) is 13.0 Å². The molecule has 1 atom stereocenters. The van der Waals surface area contributed by atoms with E-state index in [1.807, 2.05) is 31.2 Å². The van der Waals surface area contributed by atoms with Gasteiger partial charge >= 0.3 is 5.97 Å². The fourth-order valence-electron chi connectivity index (χ4n) is 1.59. The third-order valence-electron chi connectivity index (χ3n) is 2.42. The largest absolute Gasteiger partial charge is 0.469 e. The summed E-state index contributed by atoms with van der Waals surface area (Å²) in [5.41, 5.74) is 2.07. The van der Waals surface area contributed by atoms with Crippen LogP contribution in [-0.4, -0.2) is 26.2 Å². The van der Waals surface area contributed by atoms with Crippen molar-refractivity contribution in [1.82, 2.24) is 0 Å². The number of carbonyl (C=O) groups excluding carboxylic acids is 1. The first-order valence-electron chi connectivity index (χ1n) is 5.57. The van der Waals surface area contributed by atoms with E-state index in [9.17, 15) is 4.79 Å². The molecule has 1 N–H and O–H groups in total. The van der Waals surface area contributed by atoms with Gasteiger partial charge in [0.2, 0.25) is 0 Å². The summed E-state index contributed by atoms with van der Waals surface area (Å²) >= 11 is 0. The molecular formula is C13H19NO3. The third-order valence-corrected chi connectivity index (χ3v) is 2.42. The average molecular weight is 237 g/mol. The van der Waals surface area contributed by atoms with Crippen molar-refractivity contribution in [3.05, 3.63) is 29.8 Å². The summed E-state index contributed by atoms with van der Waals surface area (Å²) in [5, 5.41) is 3.28. The van der Waals surface area contributed by atoms with Crippen LogP contribution in [0.4, 0.5) is 5.69 Å². The minimum absolute atomic E-state index is 0.0282. The van der Waals surface area contributed by atoms with E-state index in [4.69, 9.17) is 4.74 Å². The normalized spacial score (nSPS) is 11.9. The van der Waals surface area contributed by atoms with Crippen molar-refractivity contribution in [1.29, 1.82) is 0 Å². The van der Waals surface area contributed by atoms with E-state index in [0.29, 0.717) is 13.0 Å². The smallest absolute Gasteiger partial charge is 0.307 e. The fourth-order valence-corrected chi connectivity index (χ4v) is 1.59. The Labute approximate surface area is 102 Å². The highest BCUT2D eigenvalue weighted by atomic mass is 16.5. The second kappa shape index (κ2) is 6.91. The van der Waals surface area contributed by atoms with E-state index in [2.05, 4.69) is 10.1 Å². The molecule has 0 spiro atoms. The molecule has 4 nitrogen and oxygen atoms in total. The number of hydrogen-bond donors (Lipinski definition) is 1. The predicted octanol–water partition coefficient (Wildman–Crippen LogP) is 2.20. The lowest BCUT2D eigenvalue weighted by Gasteiger charge is -2.16. The number of nitrogens with one attached hydrogen (secondary N) is 1. The van der Waals surface area contributed by atoms with Crippen LogP contribution < -0.4 is 5.32 Å². The molecule has 17 heavy (non-hydrogen) atoms. The SMILES string of the molecule is COCc1ccccc1NC(C)CC(=O)OC. The van der Waals surface area contributed by atoms with Gasteiger partial charge in [-0.15, -0.1) is 0 Å². The lowest BCUT2D eigenvalue weighted by atomic mass is 10.1. The van der Waals surface area contributed by atoms with E-state index < -0.39 is 0 Å². The molecule has 1 aromatic carbocycles. The van der Waals surface area contributed by atoms with Crippen molar-refractivity contribution in [3.8, 4) is 0 Å². The highest BCUT2D eigenvalue weighted by Gasteiger charge is 2.10. The Hall–Kier alpha value is -1.55. The van der Waals surface area contributed by atoms with Gasteiger partial charge in [0, 0.05) is 24.4 Å². The highest BCUT2D eigenvalue weighted by Crippen LogP contribution is 2.17. The summed E-state index contributed by atoms with van der Waals surface area (Å²) in [5.74, 6) is -0.214. The zero-order valence-electron chi connectivity index (χ0n) is 10.5. The lowest BCUT2D eigenvalue weighted by molar-refractivity contribution is -0.140.